The van der Waals surface area contributed by atoms with Gasteiger partial charge in [-0.1, -0.05) is 6.92 Å². The van der Waals surface area contributed by atoms with Gasteiger partial charge in [-0.3, -0.25) is 14.7 Å². The van der Waals surface area contributed by atoms with Crippen LogP contribution in [0, 0.1) is 0 Å². The first-order chi connectivity index (χ1) is 9.60. The normalized spacial score (nSPS) is 10.4. The number of carbonyl (C=O) groups is 2. The van der Waals surface area contributed by atoms with Crippen LogP contribution in [-0.2, 0) is 16.1 Å². The van der Waals surface area contributed by atoms with Gasteiger partial charge in [-0.15, -0.1) is 0 Å². The Hall–Kier alpha value is -1.95. The molecule has 1 amide bonds. The van der Waals surface area contributed by atoms with E-state index in [1.807, 2.05) is 18.7 Å². The average Bonchev–Trinajstić information content (AvgIpc) is 2.46. The first-order valence-corrected chi connectivity index (χ1v) is 6.63. The number of hydrogen-bond acceptors (Lipinski definition) is 5. The molecule has 0 aliphatic carbocycles. The van der Waals surface area contributed by atoms with Gasteiger partial charge in [-0.2, -0.15) is 0 Å². The van der Waals surface area contributed by atoms with E-state index in [9.17, 15) is 9.59 Å². The van der Waals surface area contributed by atoms with Crippen LogP contribution in [0.1, 0.15) is 29.9 Å². The molecule has 1 aromatic heterocycles. The average molecular weight is 279 g/mol. The van der Waals surface area contributed by atoms with E-state index >= 15 is 0 Å². The fourth-order valence-corrected chi connectivity index (χ4v) is 1.72. The molecule has 0 aliphatic rings. The van der Waals surface area contributed by atoms with E-state index in [0.717, 1.165) is 12.2 Å². The molecule has 0 aliphatic heterocycles. The van der Waals surface area contributed by atoms with Gasteiger partial charge >= 0.3 is 5.97 Å². The molecule has 110 valence electrons. The summed E-state index contributed by atoms with van der Waals surface area (Å²) in [6, 6.07) is 3.45. The second-order valence-corrected chi connectivity index (χ2v) is 4.29. The Kier molecular flexibility index (Phi) is 6.66. The number of hydrogen-bond donors (Lipinski definition) is 1. The highest BCUT2D eigenvalue weighted by atomic mass is 16.5. The number of pyridine rings is 1. The van der Waals surface area contributed by atoms with E-state index < -0.39 is 5.97 Å². The first kappa shape index (κ1) is 16.1. The summed E-state index contributed by atoms with van der Waals surface area (Å²) in [6.45, 7) is 6.16. The van der Waals surface area contributed by atoms with Crippen LogP contribution in [0.2, 0.25) is 0 Å². The lowest BCUT2D eigenvalue weighted by molar-refractivity contribution is -0.122. The molecule has 0 fully saturated rings. The van der Waals surface area contributed by atoms with Gasteiger partial charge in [0.05, 0.1) is 24.9 Å². The van der Waals surface area contributed by atoms with E-state index in [2.05, 4.69) is 15.0 Å². The third kappa shape index (κ3) is 4.97. The van der Waals surface area contributed by atoms with Crippen molar-refractivity contribution in [1.29, 1.82) is 0 Å². The number of carbonyl (C=O) groups excluding carboxylic acids is 2. The van der Waals surface area contributed by atoms with E-state index in [1.165, 1.54) is 13.3 Å². The van der Waals surface area contributed by atoms with Crippen LogP contribution in [0.15, 0.2) is 18.3 Å². The molecular weight excluding hydrogens is 258 g/mol. The fraction of sp³-hybridized carbons (Fsp3) is 0.500. The molecule has 1 N–H and O–H groups in total. The third-order valence-corrected chi connectivity index (χ3v) is 2.82. The second-order valence-electron chi connectivity index (χ2n) is 4.29. The molecule has 1 heterocycles. The van der Waals surface area contributed by atoms with Crippen LogP contribution in [0.4, 0.5) is 0 Å². The molecule has 0 saturated heterocycles. The number of methoxy groups -OCH3 is 1. The number of amides is 1. The molecular formula is C14H21N3O3. The predicted molar refractivity (Wildman–Crippen MR) is 75.2 cm³/mol. The highest BCUT2D eigenvalue weighted by Crippen LogP contribution is 2.05. The maximum Gasteiger partial charge on any atom is 0.339 e. The topological polar surface area (TPSA) is 71.5 Å². The molecule has 6 heteroatoms. The van der Waals surface area contributed by atoms with Gasteiger partial charge in [0.15, 0.2) is 0 Å². The number of esters is 1. The van der Waals surface area contributed by atoms with Crippen molar-refractivity contribution in [2.24, 2.45) is 0 Å². The van der Waals surface area contributed by atoms with Gasteiger partial charge in [0.1, 0.15) is 0 Å². The van der Waals surface area contributed by atoms with Gasteiger partial charge < -0.3 is 10.1 Å². The van der Waals surface area contributed by atoms with Gasteiger partial charge in [-0.25, -0.2) is 4.79 Å². The zero-order valence-corrected chi connectivity index (χ0v) is 12.2. The highest BCUT2D eigenvalue weighted by Gasteiger charge is 2.11. The molecule has 0 atom stereocenters. The minimum Gasteiger partial charge on any atom is -0.465 e. The zero-order valence-electron chi connectivity index (χ0n) is 12.2. The molecule has 1 aromatic rings. The number of likely N-dealkylation sites (N-methyl/N-ethyl adjacent to an activating group) is 2. The van der Waals surface area contributed by atoms with Crippen molar-refractivity contribution in [2.45, 2.75) is 20.4 Å². The lowest BCUT2D eigenvalue weighted by atomic mass is 10.2. The Morgan fingerprint density at radius 1 is 1.35 bits per heavy atom. The minimum atomic E-state index is -0.404. The van der Waals surface area contributed by atoms with Crippen LogP contribution in [0.5, 0.6) is 0 Å². The summed E-state index contributed by atoms with van der Waals surface area (Å²) >= 11 is 0. The summed E-state index contributed by atoms with van der Waals surface area (Å²) < 4.78 is 4.62. The van der Waals surface area contributed by atoms with Gasteiger partial charge in [-0.05, 0) is 25.6 Å². The van der Waals surface area contributed by atoms with Crippen molar-refractivity contribution < 1.29 is 14.3 Å². The van der Waals surface area contributed by atoms with E-state index in [4.69, 9.17) is 0 Å². The van der Waals surface area contributed by atoms with Crippen molar-refractivity contribution in [3.63, 3.8) is 0 Å². The summed E-state index contributed by atoms with van der Waals surface area (Å²) in [5.74, 6) is -0.403. The number of nitrogens with one attached hydrogen (secondary N) is 1. The summed E-state index contributed by atoms with van der Waals surface area (Å²) in [4.78, 5) is 29.0. The zero-order chi connectivity index (χ0) is 15.0. The predicted octanol–water partition coefficient (Wildman–Crippen LogP) is 0.826. The van der Waals surface area contributed by atoms with Gasteiger partial charge in [0.2, 0.25) is 5.91 Å². The van der Waals surface area contributed by atoms with Crippen molar-refractivity contribution >= 4 is 11.9 Å². The highest BCUT2D eigenvalue weighted by molar-refractivity contribution is 5.88. The fourth-order valence-electron chi connectivity index (χ4n) is 1.72. The Labute approximate surface area is 119 Å². The molecule has 6 nitrogen and oxygen atoms in total. The van der Waals surface area contributed by atoms with Crippen molar-refractivity contribution in [3.8, 4) is 0 Å². The molecule has 0 radical (unpaired) electrons. The Morgan fingerprint density at radius 3 is 2.60 bits per heavy atom. The molecule has 0 saturated carbocycles. The quantitative estimate of drug-likeness (QED) is 0.748. The van der Waals surface area contributed by atoms with Crippen molar-refractivity contribution in [3.05, 3.63) is 29.6 Å². The lowest BCUT2D eigenvalue weighted by Gasteiger charge is -2.19. The van der Waals surface area contributed by atoms with Crippen molar-refractivity contribution in [2.75, 3.05) is 26.7 Å². The Bertz CT molecular complexity index is 445. The lowest BCUT2D eigenvalue weighted by Crippen LogP contribution is -2.36. The molecule has 0 bridgehead atoms. The van der Waals surface area contributed by atoms with Crippen LogP contribution < -0.4 is 5.32 Å². The SMILES string of the molecule is CCNC(=O)CN(CC)Cc1ccc(C(=O)OC)cn1. The Morgan fingerprint density at radius 2 is 2.10 bits per heavy atom. The summed E-state index contributed by atoms with van der Waals surface area (Å²) in [6.07, 6.45) is 1.49. The summed E-state index contributed by atoms with van der Waals surface area (Å²) in [5, 5.41) is 2.77. The van der Waals surface area contributed by atoms with E-state index in [0.29, 0.717) is 25.2 Å². The second kappa shape index (κ2) is 8.27. The molecule has 0 unspecified atom stereocenters. The molecule has 0 spiro atoms. The number of nitrogens with zero attached hydrogens (tertiary/aromatic N) is 2. The number of ether oxygens (including phenoxy) is 1. The summed E-state index contributed by atoms with van der Waals surface area (Å²) in [5.41, 5.74) is 1.23. The Balaban J connectivity index is 2.61. The van der Waals surface area contributed by atoms with Crippen molar-refractivity contribution in [1.82, 2.24) is 15.2 Å². The largest absolute Gasteiger partial charge is 0.465 e. The van der Waals surface area contributed by atoms with Gasteiger partial charge in [0, 0.05) is 19.3 Å². The monoisotopic (exact) mass is 279 g/mol. The number of rotatable bonds is 7. The molecule has 20 heavy (non-hydrogen) atoms. The third-order valence-electron chi connectivity index (χ3n) is 2.82. The minimum absolute atomic E-state index is 0.000492. The van der Waals surface area contributed by atoms with Crippen LogP contribution in [-0.4, -0.2) is 48.5 Å². The van der Waals surface area contributed by atoms with Gasteiger partial charge in [0.25, 0.3) is 0 Å². The maximum atomic E-state index is 11.6. The smallest absolute Gasteiger partial charge is 0.339 e. The van der Waals surface area contributed by atoms with E-state index in [1.54, 1.807) is 12.1 Å². The maximum absolute atomic E-state index is 11.6. The molecule has 1 rings (SSSR count). The number of aromatic nitrogens is 1. The van der Waals surface area contributed by atoms with E-state index in [-0.39, 0.29) is 5.91 Å². The summed E-state index contributed by atoms with van der Waals surface area (Å²) in [7, 11) is 1.33. The van der Waals surface area contributed by atoms with Crippen LogP contribution in [0.3, 0.4) is 0 Å². The molecule has 0 aromatic carbocycles. The van der Waals surface area contributed by atoms with Crippen LogP contribution >= 0.6 is 0 Å². The standard InChI is InChI=1S/C14H21N3O3/c1-4-15-13(18)10-17(5-2)9-12-7-6-11(8-16-12)14(19)20-3/h6-8H,4-5,9-10H2,1-3H3,(H,15,18). The van der Waals surface area contributed by atoms with Crippen LogP contribution in [0.25, 0.3) is 0 Å². The first-order valence-electron chi connectivity index (χ1n) is 6.63.